The summed E-state index contributed by atoms with van der Waals surface area (Å²) in [7, 11) is 0. The standard InChI is InChI=1S/C14H15N5O2/c15-6-2-8-19(10-11-3-1-7-16-9-11)14(21)12-4-5-13(20)18-17-12/h1,3,7,9H,2,4-5,8,10H2,(H,18,20). The third kappa shape index (κ3) is 4.11. The Hall–Kier alpha value is -2.75. The van der Waals surface area contributed by atoms with Crippen molar-refractivity contribution in [1.29, 1.82) is 5.26 Å². The molecule has 2 rings (SSSR count). The summed E-state index contributed by atoms with van der Waals surface area (Å²) in [4.78, 5) is 29.1. The van der Waals surface area contributed by atoms with Gasteiger partial charge in [0, 0.05) is 38.3 Å². The molecule has 0 saturated carbocycles. The van der Waals surface area contributed by atoms with Gasteiger partial charge in [-0.2, -0.15) is 10.4 Å². The van der Waals surface area contributed by atoms with Gasteiger partial charge in [-0.15, -0.1) is 0 Å². The van der Waals surface area contributed by atoms with Gasteiger partial charge in [-0.1, -0.05) is 6.07 Å². The van der Waals surface area contributed by atoms with Crippen LogP contribution < -0.4 is 5.43 Å². The van der Waals surface area contributed by atoms with E-state index in [9.17, 15) is 9.59 Å². The van der Waals surface area contributed by atoms with Crippen molar-refractivity contribution < 1.29 is 9.59 Å². The predicted octanol–water partition coefficient (Wildman–Crippen LogP) is 0.590. The molecule has 1 N–H and O–H groups in total. The van der Waals surface area contributed by atoms with Crippen LogP contribution >= 0.6 is 0 Å². The van der Waals surface area contributed by atoms with Gasteiger partial charge in [0.25, 0.3) is 5.91 Å². The SMILES string of the molecule is N#CCCN(Cc1cccnc1)C(=O)C1=NNC(=O)CC1. The first-order valence-corrected chi connectivity index (χ1v) is 6.61. The number of hydrogen-bond donors (Lipinski definition) is 1. The van der Waals surface area contributed by atoms with Crippen molar-refractivity contribution in [2.75, 3.05) is 6.54 Å². The van der Waals surface area contributed by atoms with Gasteiger partial charge in [-0.3, -0.25) is 14.6 Å². The Bertz CT molecular complexity index is 591. The van der Waals surface area contributed by atoms with Crippen LogP contribution in [0.2, 0.25) is 0 Å². The molecule has 1 aromatic heterocycles. The fraction of sp³-hybridized carbons (Fsp3) is 0.357. The summed E-state index contributed by atoms with van der Waals surface area (Å²) in [5.41, 5.74) is 3.51. The number of pyridine rings is 1. The summed E-state index contributed by atoms with van der Waals surface area (Å²) in [6, 6.07) is 5.69. The molecule has 2 amide bonds. The second kappa shape index (κ2) is 7.14. The Labute approximate surface area is 122 Å². The van der Waals surface area contributed by atoms with Crippen molar-refractivity contribution in [3.8, 4) is 6.07 Å². The lowest BCUT2D eigenvalue weighted by Gasteiger charge is -2.23. The topological polar surface area (TPSA) is 98.4 Å². The minimum absolute atomic E-state index is 0.192. The Balaban J connectivity index is 2.10. The van der Waals surface area contributed by atoms with Crippen molar-refractivity contribution in [3.05, 3.63) is 30.1 Å². The number of nitriles is 1. The van der Waals surface area contributed by atoms with Crippen LogP contribution in [0.4, 0.5) is 0 Å². The molecule has 0 saturated heterocycles. The Morgan fingerprint density at radius 3 is 2.95 bits per heavy atom. The van der Waals surface area contributed by atoms with E-state index in [-0.39, 0.29) is 24.7 Å². The number of aromatic nitrogens is 1. The second-order valence-corrected chi connectivity index (χ2v) is 4.59. The lowest BCUT2D eigenvalue weighted by molar-refractivity contribution is -0.125. The molecular formula is C14H15N5O2. The highest BCUT2D eigenvalue weighted by atomic mass is 16.2. The molecule has 0 aliphatic carbocycles. The van der Waals surface area contributed by atoms with Gasteiger partial charge in [0.05, 0.1) is 12.5 Å². The molecule has 0 aromatic carbocycles. The number of carbonyl (C=O) groups is 2. The maximum atomic E-state index is 12.4. The Kier molecular flexibility index (Phi) is 4.99. The van der Waals surface area contributed by atoms with E-state index in [1.807, 2.05) is 12.1 Å². The normalized spacial score (nSPS) is 13.9. The summed E-state index contributed by atoms with van der Waals surface area (Å²) in [6.07, 6.45) is 4.15. The van der Waals surface area contributed by atoms with E-state index in [1.54, 1.807) is 23.4 Å². The van der Waals surface area contributed by atoms with Crippen LogP contribution in [0.1, 0.15) is 24.8 Å². The van der Waals surface area contributed by atoms with E-state index >= 15 is 0 Å². The number of carbonyl (C=O) groups excluding carboxylic acids is 2. The zero-order chi connectivity index (χ0) is 15.1. The first-order chi connectivity index (χ1) is 10.2. The zero-order valence-electron chi connectivity index (χ0n) is 11.5. The van der Waals surface area contributed by atoms with Gasteiger partial charge >= 0.3 is 0 Å². The number of rotatable bonds is 5. The van der Waals surface area contributed by atoms with Gasteiger partial charge in [-0.25, -0.2) is 5.43 Å². The average Bonchev–Trinajstić information content (AvgIpc) is 2.52. The first-order valence-electron chi connectivity index (χ1n) is 6.61. The molecule has 7 nitrogen and oxygen atoms in total. The third-order valence-electron chi connectivity index (χ3n) is 3.03. The maximum Gasteiger partial charge on any atom is 0.270 e. The van der Waals surface area contributed by atoms with Gasteiger partial charge in [-0.05, 0) is 11.6 Å². The largest absolute Gasteiger partial charge is 0.332 e. The highest BCUT2D eigenvalue weighted by Crippen LogP contribution is 2.09. The predicted molar refractivity (Wildman–Crippen MR) is 74.7 cm³/mol. The van der Waals surface area contributed by atoms with Crippen LogP contribution in [-0.4, -0.2) is 34.0 Å². The van der Waals surface area contributed by atoms with Crippen molar-refractivity contribution in [3.63, 3.8) is 0 Å². The van der Waals surface area contributed by atoms with Gasteiger partial charge < -0.3 is 4.90 Å². The van der Waals surface area contributed by atoms with Crippen LogP contribution in [0.15, 0.2) is 29.6 Å². The highest BCUT2D eigenvalue weighted by molar-refractivity contribution is 6.39. The molecule has 0 fully saturated rings. The molecular weight excluding hydrogens is 270 g/mol. The van der Waals surface area contributed by atoms with Gasteiger partial charge in [0.1, 0.15) is 5.71 Å². The molecule has 1 aliphatic heterocycles. The maximum absolute atomic E-state index is 12.4. The third-order valence-corrected chi connectivity index (χ3v) is 3.03. The first kappa shape index (κ1) is 14.7. The second-order valence-electron chi connectivity index (χ2n) is 4.59. The van der Waals surface area contributed by atoms with Crippen molar-refractivity contribution in [2.45, 2.75) is 25.8 Å². The summed E-state index contributed by atoms with van der Waals surface area (Å²) in [6.45, 7) is 0.679. The van der Waals surface area contributed by atoms with E-state index in [2.05, 4.69) is 15.5 Å². The van der Waals surface area contributed by atoms with Crippen molar-refractivity contribution in [1.82, 2.24) is 15.3 Å². The molecule has 1 aromatic rings. The average molecular weight is 285 g/mol. The van der Waals surface area contributed by atoms with Crippen molar-refractivity contribution >= 4 is 17.5 Å². The molecule has 0 unspecified atom stereocenters. The van der Waals surface area contributed by atoms with Crippen LogP contribution in [-0.2, 0) is 16.1 Å². The van der Waals surface area contributed by atoms with E-state index in [0.29, 0.717) is 25.2 Å². The molecule has 2 heterocycles. The van der Waals surface area contributed by atoms with Gasteiger partial charge in [0.15, 0.2) is 0 Å². The summed E-state index contributed by atoms with van der Waals surface area (Å²) < 4.78 is 0. The van der Waals surface area contributed by atoms with E-state index in [0.717, 1.165) is 5.56 Å². The molecule has 1 aliphatic rings. The van der Waals surface area contributed by atoms with E-state index in [1.165, 1.54) is 0 Å². The number of nitrogens with zero attached hydrogens (tertiary/aromatic N) is 4. The number of nitrogens with one attached hydrogen (secondary N) is 1. The summed E-state index contributed by atoms with van der Waals surface area (Å²) in [5.74, 6) is -0.448. The number of amides is 2. The summed E-state index contributed by atoms with van der Waals surface area (Å²) in [5, 5.41) is 12.5. The molecule has 7 heteroatoms. The number of hydrazone groups is 1. The van der Waals surface area contributed by atoms with Crippen LogP contribution in [0, 0.1) is 11.3 Å². The summed E-state index contributed by atoms with van der Waals surface area (Å²) >= 11 is 0. The fourth-order valence-corrected chi connectivity index (χ4v) is 1.96. The highest BCUT2D eigenvalue weighted by Gasteiger charge is 2.23. The van der Waals surface area contributed by atoms with E-state index in [4.69, 9.17) is 5.26 Å². The zero-order valence-corrected chi connectivity index (χ0v) is 11.5. The minimum Gasteiger partial charge on any atom is -0.332 e. The van der Waals surface area contributed by atoms with Gasteiger partial charge in [0.2, 0.25) is 5.91 Å². The van der Waals surface area contributed by atoms with Crippen LogP contribution in [0.3, 0.4) is 0 Å². The van der Waals surface area contributed by atoms with Crippen LogP contribution in [0.25, 0.3) is 0 Å². The quantitative estimate of drug-likeness (QED) is 0.855. The Morgan fingerprint density at radius 1 is 1.48 bits per heavy atom. The lowest BCUT2D eigenvalue weighted by atomic mass is 10.1. The van der Waals surface area contributed by atoms with E-state index < -0.39 is 0 Å². The Morgan fingerprint density at radius 2 is 2.33 bits per heavy atom. The molecule has 21 heavy (non-hydrogen) atoms. The minimum atomic E-state index is -0.255. The molecule has 108 valence electrons. The number of hydrogen-bond acceptors (Lipinski definition) is 5. The molecule has 0 spiro atoms. The monoisotopic (exact) mass is 285 g/mol. The van der Waals surface area contributed by atoms with Crippen molar-refractivity contribution in [2.24, 2.45) is 5.10 Å². The van der Waals surface area contributed by atoms with Crippen LogP contribution in [0.5, 0.6) is 0 Å². The molecule has 0 radical (unpaired) electrons. The lowest BCUT2D eigenvalue weighted by Crippen LogP contribution is -2.40. The molecule has 0 atom stereocenters. The molecule has 0 bridgehead atoms. The fourth-order valence-electron chi connectivity index (χ4n) is 1.96. The smallest absolute Gasteiger partial charge is 0.270 e.